The average molecular weight is 926 g/mol. The molecule has 0 aliphatic carbocycles. The van der Waals surface area contributed by atoms with Crippen LogP contribution in [0.25, 0.3) is 56.2 Å². The standard InChI is InChI=1S/C65H64BN5/c1-39(2)49-23-19-24-50(40(3)4)62(49)70-58-31-16-13-28-55(58)67-64(70)46-21-18-22-48(37-46)69-57-30-15-12-27-53(57)66(61-44(10)35-43(9)36-45(61)11)54-34-33-47(38-60(54)69)65-68-56-29-14-17-32-59(56)71(65)63-51(41(5)6)25-20-26-52(63)42(7)8/h12-42H,1-11H3. The van der Waals surface area contributed by atoms with Crippen LogP contribution < -0.4 is 21.3 Å². The molecule has 0 fully saturated rings. The van der Waals surface area contributed by atoms with Gasteiger partial charge in [0, 0.05) is 28.2 Å². The van der Waals surface area contributed by atoms with Gasteiger partial charge in [-0.15, -0.1) is 0 Å². The molecule has 2 aromatic heterocycles. The Kier molecular flexibility index (Phi) is 11.7. The summed E-state index contributed by atoms with van der Waals surface area (Å²) in [5.74, 6) is 3.13. The molecule has 10 aromatic rings. The quantitative estimate of drug-likeness (QED) is 0.128. The van der Waals surface area contributed by atoms with Gasteiger partial charge in [-0.05, 0) is 126 Å². The second kappa shape index (κ2) is 18.1. The van der Waals surface area contributed by atoms with E-state index in [1.54, 1.807) is 0 Å². The molecular formula is C65H64BN5. The summed E-state index contributed by atoms with van der Waals surface area (Å²) < 4.78 is 4.90. The highest BCUT2D eigenvalue weighted by Gasteiger charge is 2.38. The number of hydrogen-bond donors (Lipinski definition) is 0. The van der Waals surface area contributed by atoms with E-state index in [0.717, 1.165) is 56.2 Å². The molecule has 6 heteroatoms. The molecule has 5 nitrogen and oxygen atoms in total. The van der Waals surface area contributed by atoms with Gasteiger partial charge in [-0.2, -0.15) is 0 Å². The maximum Gasteiger partial charge on any atom is 0.247 e. The van der Waals surface area contributed by atoms with Gasteiger partial charge in [0.2, 0.25) is 6.71 Å². The lowest BCUT2D eigenvalue weighted by Gasteiger charge is -2.38. The van der Waals surface area contributed by atoms with Crippen molar-refractivity contribution in [3.63, 3.8) is 0 Å². The molecule has 11 rings (SSSR count). The predicted molar refractivity (Wildman–Crippen MR) is 303 cm³/mol. The first-order chi connectivity index (χ1) is 34.3. The van der Waals surface area contributed by atoms with Gasteiger partial charge in [0.15, 0.2) is 0 Å². The average Bonchev–Trinajstić information content (AvgIpc) is 3.94. The van der Waals surface area contributed by atoms with Crippen molar-refractivity contribution < 1.29 is 0 Å². The van der Waals surface area contributed by atoms with Crippen molar-refractivity contribution >= 4 is 62.2 Å². The Labute approximate surface area is 421 Å². The van der Waals surface area contributed by atoms with Gasteiger partial charge in [-0.3, -0.25) is 9.13 Å². The fraction of sp³-hybridized carbons (Fsp3) is 0.231. The van der Waals surface area contributed by atoms with E-state index in [-0.39, 0.29) is 6.71 Å². The van der Waals surface area contributed by atoms with Crippen molar-refractivity contribution in [2.75, 3.05) is 4.90 Å². The zero-order chi connectivity index (χ0) is 49.4. The monoisotopic (exact) mass is 926 g/mol. The third-order valence-corrected chi connectivity index (χ3v) is 15.0. The topological polar surface area (TPSA) is 38.9 Å². The van der Waals surface area contributed by atoms with Crippen molar-refractivity contribution in [3.05, 3.63) is 203 Å². The number of para-hydroxylation sites is 7. The van der Waals surface area contributed by atoms with Crippen LogP contribution in [0.4, 0.5) is 17.1 Å². The SMILES string of the molecule is Cc1cc(C)c(B2c3ccccc3N(c3cccc(-c4nc5ccccc5n4-c4c(C(C)C)cccc4C(C)C)c3)c3cc(-c4nc5ccccc5n4-c4c(C(C)C)cccc4C(C)C)ccc32)c(C)c1. The number of aryl methyl sites for hydroxylation is 3. The molecule has 8 aromatic carbocycles. The van der Waals surface area contributed by atoms with Crippen molar-refractivity contribution in [2.45, 2.75) is 99.8 Å². The van der Waals surface area contributed by atoms with Gasteiger partial charge in [0.05, 0.1) is 33.4 Å². The van der Waals surface area contributed by atoms with E-state index in [1.165, 1.54) is 72.4 Å². The number of benzene rings is 8. The highest BCUT2D eigenvalue weighted by molar-refractivity contribution is 6.98. The van der Waals surface area contributed by atoms with Crippen molar-refractivity contribution in [1.82, 2.24) is 19.1 Å². The molecule has 0 atom stereocenters. The van der Waals surface area contributed by atoms with Crippen LogP contribution in [0.2, 0.25) is 0 Å². The van der Waals surface area contributed by atoms with Crippen molar-refractivity contribution in [3.8, 4) is 34.2 Å². The normalized spacial score (nSPS) is 12.6. The van der Waals surface area contributed by atoms with E-state index in [9.17, 15) is 0 Å². The maximum absolute atomic E-state index is 5.55. The second-order valence-corrected chi connectivity index (χ2v) is 21.2. The Morgan fingerprint density at radius 3 is 1.38 bits per heavy atom. The van der Waals surface area contributed by atoms with Crippen molar-refractivity contribution in [2.24, 2.45) is 0 Å². The Morgan fingerprint density at radius 1 is 0.408 bits per heavy atom. The third kappa shape index (κ3) is 7.71. The third-order valence-electron chi connectivity index (χ3n) is 15.0. The Balaban J connectivity index is 1.19. The van der Waals surface area contributed by atoms with Gasteiger partial charge in [0.25, 0.3) is 0 Å². The number of hydrogen-bond acceptors (Lipinski definition) is 3. The Bertz CT molecular complexity index is 3600. The fourth-order valence-corrected chi connectivity index (χ4v) is 11.8. The molecule has 0 bridgehead atoms. The maximum atomic E-state index is 5.55. The number of fused-ring (bicyclic) bond motifs is 4. The number of rotatable bonds is 10. The first-order valence-electron chi connectivity index (χ1n) is 25.7. The van der Waals surface area contributed by atoms with E-state index in [2.05, 4.69) is 254 Å². The number of aromatic nitrogens is 4. The molecule has 0 N–H and O–H groups in total. The molecule has 0 saturated carbocycles. The minimum absolute atomic E-state index is 0.00879. The van der Waals surface area contributed by atoms with E-state index in [4.69, 9.17) is 9.97 Å². The van der Waals surface area contributed by atoms with Gasteiger partial charge in [-0.25, -0.2) is 9.97 Å². The summed E-state index contributed by atoms with van der Waals surface area (Å²) in [6, 6.07) is 60.9. The highest BCUT2D eigenvalue weighted by atomic mass is 15.2. The van der Waals surface area contributed by atoms with Gasteiger partial charge in [-0.1, -0.05) is 193 Å². The summed E-state index contributed by atoms with van der Waals surface area (Å²) in [4.78, 5) is 13.6. The smallest absolute Gasteiger partial charge is 0.247 e. The lowest BCUT2D eigenvalue weighted by Crippen LogP contribution is -2.58. The fourth-order valence-electron chi connectivity index (χ4n) is 11.8. The minimum atomic E-state index is 0.00879. The van der Waals surface area contributed by atoms with E-state index in [0.29, 0.717) is 23.7 Å². The Hall–Kier alpha value is -7.44. The molecule has 352 valence electrons. The van der Waals surface area contributed by atoms with Gasteiger partial charge < -0.3 is 4.90 Å². The van der Waals surface area contributed by atoms with Crippen LogP contribution in [-0.4, -0.2) is 25.8 Å². The van der Waals surface area contributed by atoms with Gasteiger partial charge in [0.1, 0.15) is 11.6 Å². The Morgan fingerprint density at radius 2 is 0.859 bits per heavy atom. The molecule has 71 heavy (non-hydrogen) atoms. The van der Waals surface area contributed by atoms with Crippen LogP contribution in [0.15, 0.2) is 164 Å². The van der Waals surface area contributed by atoms with Crippen LogP contribution in [0, 0.1) is 20.8 Å². The van der Waals surface area contributed by atoms with Crippen LogP contribution in [0.1, 0.15) is 118 Å². The highest BCUT2D eigenvalue weighted by Crippen LogP contribution is 2.43. The molecule has 0 saturated heterocycles. The molecule has 1 aliphatic heterocycles. The largest absolute Gasteiger partial charge is 0.311 e. The first-order valence-corrected chi connectivity index (χ1v) is 25.7. The molecule has 0 spiro atoms. The van der Waals surface area contributed by atoms with E-state index < -0.39 is 0 Å². The van der Waals surface area contributed by atoms with Gasteiger partial charge >= 0.3 is 0 Å². The van der Waals surface area contributed by atoms with Crippen LogP contribution in [0.5, 0.6) is 0 Å². The predicted octanol–water partition coefficient (Wildman–Crippen LogP) is 15.4. The zero-order valence-electron chi connectivity index (χ0n) is 43.2. The van der Waals surface area contributed by atoms with Crippen molar-refractivity contribution in [1.29, 1.82) is 0 Å². The summed E-state index contributed by atoms with van der Waals surface area (Å²) in [6.07, 6.45) is 0. The molecule has 0 amide bonds. The zero-order valence-corrected chi connectivity index (χ0v) is 43.2. The summed E-state index contributed by atoms with van der Waals surface area (Å²) in [5.41, 5.74) is 25.2. The summed E-state index contributed by atoms with van der Waals surface area (Å²) in [6.45, 7) is 25.2. The second-order valence-electron chi connectivity index (χ2n) is 21.2. The first kappa shape index (κ1) is 46.0. The molecule has 0 radical (unpaired) electrons. The molecular weight excluding hydrogens is 862 g/mol. The molecule has 0 unspecified atom stereocenters. The summed E-state index contributed by atoms with van der Waals surface area (Å²) in [7, 11) is 0. The number of nitrogens with zero attached hydrogens (tertiary/aromatic N) is 5. The lowest BCUT2D eigenvalue weighted by atomic mass is 9.34. The van der Waals surface area contributed by atoms with Crippen LogP contribution >= 0.6 is 0 Å². The van der Waals surface area contributed by atoms with E-state index in [1.807, 2.05) is 0 Å². The minimum Gasteiger partial charge on any atom is -0.311 e. The van der Waals surface area contributed by atoms with Crippen LogP contribution in [0.3, 0.4) is 0 Å². The molecule has 1 aliphatic rings. The lowest BCUT2D eigenvalue weighted by molar-refractivity contribution is 0.811. The number of imidazole rings is 2. The van der Waals surface area contributed by atoms with E-state index >= 15 is 0 Å². The molecule has 3 heterocycles. The summed E-state index contributed by atoms with van der Waals surface area (Å²) in [5, 5.41) is 0. The summed E-state index contributed by atoms with van der Waals surface area (Å²) >= 11 is 0. The number of anilines is 3. The van der Waals surface area contributed by atoms with Crippen LogP contribution in [-0.2, 0) is 0 Å².